The highest BCUT2D eigenvalue weighted by Gasteiger charge is 2.14. The van der Waals surface area contributed by atoms with E-state index in [0.717, 1.165) is 11.2 Å². The predicted molar refractivity (Wildman–Crippen MR) is 119 cm³/mol. The van der Waals surface area contributed by atoms with Crippen molar-refractivity contribution in [2.24, 2.45) is 0 Å². The molecule has 0 spiro atoms. The fourth-order valence-electron chi connectivity index (χ4n) is 4.50. The van der Waals surface area contributed by atoms with Crippen LogP contribution in [-0.2, 0) is 0 Å². The van der Waals surface area contributed by atoms with Crippen LogP contribution in [0.5, 0.6) is 0 Å². The van der Waals surface area contributed by atoms with Crippen molar-refractivity contribution in [2.45, 2.75) is 6.92 Å². The Morgan fingerprint density at radius 3 is 1.86 bits per heavy atom. The van der Waals surface area contributed by atoms with Crippen LogP contribution in [0.3, 0.4) is 0 Å². The van der Waals surface area contributed by atoms with Gasteiger partial charge in [-0.15, -0.1) is 0 Å². The van der Waals surface area contributed by atoms with Crippen molar-refractivity contribution in [3.63, 3.8) is 0 Å². The highest BCUT2D eigenvalue weighted by Crippen LogP contribution is 2.40. The molecule has 1 heteroatoms. The van der Waals surface area contributed by atoms with Gasteiger partial charge in [0.1, 0.15) is 11.2 Å². The maximum atomic E-state index is 6.49. The summed E-state index contributed by atoms with van der Waals surface area (Å²) in [5, 5.41) is 7.34. The number of hydrogen-bond acceptors (Lipinski definition) is 1. The zero-order chi connectivity index (χ0) is 18.7. The summed E-state index contributed by atoms with van der Waals surface area (Å²) in [6.45, 7) is 2.16. The minimum atomic E-state index is 0.923. The lowest BCUT2D eigenvalue weighted by molar-refractivity contribution is 0.664. The monoisotopic (exact) mass is 358 g/mol. The van der Waals surface area contributed by atoms with E-state index in [1.807, 2.05) is 0 Å². The van der Waals surface area contributed by atoms with E-state index in [1.165, 1.54) is 49.0 Å². The molecule has 1 heterocycles. The summed E-state index contributed by atoms with van der Waals surface area (Å²) in [5.74, 6) is 0. The van der Waals surface area contributed by atoms with Crippen molar-refractivity contribution in [1.82, 2.24) is 0 Å². The van der Waals surface area contributed by atoms with Gasteiger partial charge in [0.15, 0.2) is 0 Å². The maximum Gasteiger partial charge on any atom is 0.135 e. The zero-order valence-corrected chi connectivity index (χ0v) is 15.6. The van der Waals surface area contributed by atoms with E-state index in [-0.39, 0.29) is 0 Å². The summed E-state index contributed by atoms with van der Waals surface area (Å²) < 4.78 is 6.49. The summed E-state index contributed by atoms with van der Waals surface area (Å²) in [6, 6.07) is 32.3. The van der Waals surface area contributed by atoms with Gasteiger partial charge < -0.3 is 4.42 Å². The SMILES string of the molecule is Cc1ccc2oc3ccc(-c4ccccc4)c4cccc(c5cccc1c25)c34. The first-order valence-corrected chi connectivity index (χ1v) is 9.63. The normalized spacial score (nSPS) is 11.8. The second kappa shape index (κ2) is 5.71. The van der Waals surface area contributed by atoms with Gasteiger partial charge in [-0.3, -0.25) is 0 Å². The zero-order valence-electron chi connectivity index (χ0n) is 15.6. The molecule has 6 rings (SSSR count). The quantitative estimate of drug-likeness (QED) is 0.291. The van der Waals surface area contributed by atoms with Gasteiger partial charge in [-0.1, -0.05) is 78.9 Å². The molecule has 0 bridgehead atoms. The molecule has 0 unspecified atom stereocenters. The van der Waals surface area contributed by atoms with E-state index >= 15 is 0 Å². The van der Waals surface area contributed by atoms with Crippen molar-refractivity contribution in [3.8, 4) is 11.1 Å². The first-order valence-electron chi connectivity index (χ1n) is 9.63. The Morgan fingerprint density at radius 2 is 1.11 bits per heavy atom. The molecule has 28 heavy (non-hydrogen) atoms. The van der Waals surface area contributed by atoms with Crippen LogP contribution in [0.2, 0.25) is 0 Å². The number of aryl methyl sites for hydroxylation is 1. The van der Waals surface area contributed by atoms with Gasteiger partial charge >= 0.3 is 0 Å². The Balaban J connectivity index is 1.91. The third-order valence-electron chi connectivity index (χ3n) is 5.82. The summed E-state index contributed by atoms with van der Waals surface area (Å²) >= 11 is 0. The van der Waals surface area contributed by atoms with Crippen LogP contribution in [0.4, 0.5) is 0 Å². The highest BCUT2D eigenvalue weighted by molar-refractivity contribution is 6.25. The van der Waals surface area contributed by atoms with E-state index < -0.39 is 0 Å². The molecule has 0 radical (unpaired) electrons. The fourth-order valence-corrected chi connectivity index (χ4v) is 4.50. The number of fused-ring (bicyclic) bond motifs is 1. The van der Waals surface area contributed by atoms with Gasteiger partial charge in [-0.05, 0) is 57.3 Å². The average molecular weight is 358 g/mol. The first-order chi connectivity index (χ1) is 13.8. The summed E-state index contributed by atoms with van der Waals surface area (Å²) in [5.41, 5.74) is 5.58. The van der Waals surface area contributed by atoms with Crippen LogP contribution in [0.15, 0.2) is 95.4 Å². The molecule has 0 fully saturated rings. The Hall–Kier alpha value is -3.58. The first kappa shape index (κ1) is 15.5. The molecule has 6 aromatic rings. The maximum absolute atomic E-state index is 6.49. The van der Waals surface area contributed by atoms with Crippen molar-refractivity contribution in [1.29, 1.82) is 0 Å². The molecule has 0 aliphatic rings. The Kier molecular flexibility index (Phi) is 3.15. The minimum Gasteiger partial charge on any atom is -0.456 e. The van der Waals surface area contributed by atoms with E-state index in [9.17, 15) is 0 Å². The molecule has 0 N–H and O–H groups in total. The van der Waals surface area contributed by atoms with Crippen LogP contribution >= 0.6 is 0 Å². The molecule has 5 aromatic carbocycles. The van der Waals surface area contributed by atoms with E-state index in [4.69, 9.17) is 4.42 Å². The van der Waals surface area contributed by atoms with Gasteiger partial charge in [-0.25, -0.2) is 0 Å². The van der Waals surface area contributed by atoms with Crippen molar-refractivity contribution >= 4 is 43.5 Å². The largest absolute Gasteiger partial charge is 0.456 e. The topological polar surface area (TPSA) is 13.1 Å². The second-order valence-electron chi connectivity index (χ2n) is 7.42. The van der Waals surface area contributed by atoms with Crippen LogP contribution in [-0.4, -0.2) is 0 Å². The molecule has 1 nitrogen and oxygen atoms in total. The summed E-state index contributed by atoms with van der Waals surface area (Å²) in [7, 11) is 0. The predicted octanol–water partition coefficient (Wildman–Crippen LogP) is 7.87. The van der Waals surface area contributed by atoms with Crippen LogP contribution in [0.1, 0.15) is 5.56 Å². The molecule has 0 atom stereocenters. The molecule has 132 valence electrons. The number of benzene rings is 5. The van der Waals surface area contributed by atoms with E-state index in [0.29, 0.717) is 0 Å². The van der Waals surface area contributed by atoms with Gasteiger partial charge in [-0.2, -0.15) is 0 Å². The third kappa shape index (κ3) is 2.07. The van der Waals surface area contributed by atoms with Crippen LogP contribution in [0, 0.1) is 6.92 Å². The second-order valence-corrected chi connectivity index (χ2v) is 7.42. The third-order valence-corrected chi connectivity index (χ3v) is 5.82. The van der Waals surface area contributed by atoms with Gasteiger partial charge in [0.25, 0.3) is 0 Å². The Bertz CT molecular complexity index is 1500. The van der Waals surface area contributed by atoms with Crippen LogP contribution < -0.4 is 0 Å². The molecular weight excluding hydrogens is 340 g/mol. The van der Waals surface area contributed by atoms with Crippen molar-refractivity contribution in [2.75, 3.05) is 0 Å². The van der Waals surface area contributed by atoms with Gasteiger partial charge in [0, 0.05) is 10.8 Å². The summed E-state index contributed by atoms with van der Waals surface area (Å²) in [4.78, 5) is 0. The Morgan fingerprint density at radius 1 is 0.500 bits per heavy atom. The molecule has 0 saturated carbocycles. The molecule has 0 aliphatic heterocycles. The molecule has 0 aliphatic carbocycles. The standard InChI is InChI=1S/C27H18O/c1-17-13-15-24-26-19(17)9-5-11-22(26)23-12-6-10-21-20(18-7-3-2-4-8-18)14-16-25(28-24)27(21)23/h2-16H,1H3. The van der Waals surface area contributed by atoms with E-state index in [2.05, 4.69) is 97.9 Å². The smallest absolute Gasteiger partial charge is 0.135 e. The lowest BCUT2D eigenvalue weighted by Gasteiger charge is -2.09. The number of hydrogen-bond donors (Lipinski definition) is 0. The minimum absolute atomic E-state index is 0.923. The number of rotatable bonds is 1. The molecular formula is C27H18O. The van der Waals surface area contributed by atoms with Gasteiger partial charge in [0.05, 0.1) is 0 Å². The average Bonchev–Trinajstić information content (AvgIpc) is 2.89. The van der Waals surface area contributed by atoms with Crippen molar-refractivity contribution in [3.05, 3.63) is 96.6 Å². The lowest BCUT2D eigenvalue weighted by Crippen LogP contribution is -1.83. The van der Waals surface area contributed by atoms with Crippen LogP contribution in [0.25, 0.3) is 54.6 Å². The molecule has 1 aromatic heterocycles. The molecule has 0 saturated heterocycles. The van der Waals surface area contributed by atoms with Crippen molar-refractivity contribution < 1.29 is 4.42 Å². The fraction of sp³-hybridized carbons (Fsp3) is 0.0370. The molecule has 0 amide bonds. The van der Waals surface area contributed by atoms with Gasteiger partial charge in [0.2, 0.25) is 0 Å². The highest BCUT2D eigenvalue weighted by atomic mass is 16.3. The summed E-state index contributed by atoms with van der Waals surface area (Å²) in [6.07, 6.45) is 0. The van der Waals surface area contributed by atoms with E-state index in [1.54, 1.807) is 0 Å². The Labute approximate surface area is 162 Å². The lowest BCUT2D eigenvalue weighted by atomic mass is 9.94.